The van der Waals surface area contributed by atoms with E-state index in [4.69, 9.17) is 9.15 Å². The van der Waals surface area contributed by atoms with E-state index in [1.54, 1.807) is 6.92 Å². The molecule has 88 valence electrons. The van der Waals surface area contributed by atoms with Gasteiger partial charge in [0.15, 0.2) is 0 Å². The van der Waals surface area contributed by atoms with Crippen molar-refractivity contribution >= 4 is 16.9 Å². The summed E-state index contributed by atoms with van der Waals surface area (Å²) in [5.41, 5.74) is -0.319. The predicted octanol–water partition coefficient (Wildman–Crippen LogP) is 2.25. The van der Waals surface area contributed by atoms with Crippen molar-refractivity contribution in [3.8, 4) is 5.75 Å². The second-order valence-corrected chi connectivity index (χ2v) is 3.40. The van der Waals surface area contributed by atoms with E-state index in [0.717, 1.165) is 12.3 Å². The molecule has 1 heterocycles. The Morgan fingerprint density at radius 3 is 2.94 bits per heavy atom. The fourth-order valence-electron chi connectivity index (χ4n) is 1.35. The minimum Gasteiger partial charge on any atom is -0.460 e. The smallest absolute Gasteiger partial charge is 0.311 e. The van der Waals surface area contributed by atoms with E-state index in [-0.39, 0.29) is 23.1 Å². The lowest BCUT2D eigenvalue weighted by Crippen LogP contribution is -2.13. The van der Waals surface area contributed by atoms with Crippen LogP contribution in [0.5, 0.6) is 5.75 Å². The second-order valence-electron chi connectivity index (χ2n) is 3.40. The molecule has 4 nitrogen and oxygen atoms in total. The Balaban J connectivity index is 2.57. The largest absolute Gasteiger partial charge is 0.460 e. The Hall–Kier alpha value is -2.17. The molecule has 0 aliphatic heterocycles. The Morgan fingerprint density at radius 2 is 2.24 bits per heavy atom. The molecule has 0 N–H and O–H groups in total. The lowest BCUT2D eigenvalue weighted by atomic mass is 10.2. The second kappa shape index (κ2) is 4.37. The molecule has 1 aromatic carbocycles. The number of carbonyl (C=O) groups excluding carboxylic acids is 1. The maximum Gasteiger partial charge on any atom is 0.311 e. The van der Waals surface area contributed by atoms with E-state index in [1.807, 2.05) is 0 Å². The third-order valence-corrected chi connectivity index (χ3v) is 2.22. The number of carbonyl (C=O) groups is 1. The highest BCUT2D eigenvalue weighted by molar-refractivity contribution is 5.79. The first-order valence-corrected chi connectivity index (χ1v) is 5.03. The van der Waals surface area contributed by atoms with Crippen molar-refractivity contribution in [3.63, 3.8) is 0 Å². The average Bonchev–Trinajstić information content (AvgIpc) is 2.33. The summed E-state index contributed by atoms with van der Waals surface area (Å²) in [5, 5.41) is 0.0476. The quantitative estimate of drug-likeness (QED) is 0.750. The molecule has 0 amide bonds. The number of hydrogen-bond donors (Lipinski definition) is 0. The summed E-state index contributed by atoms with van der Waals surface area (Å²) in [7, 11) is 0. The molecule has 0 atom stereocenters. The molecular weight excluding hydrogens is 227 g/mol. The SMILES string of the molecule is CCC(=O)Oc1coc2ccc(F)cc2c1=O. The van der Waals surface area contributed by atoms with Gasteiger partial charge in [-0.15, -0.1) is 0 Å². The maximum atomic E-state index is 13.0. The van der Waals surface area contributed by atoms with Gasteiger partial charge in [0.05, 0.1) is 5.39 Å². The molecule has 0 spiro atoms. The van der Waals surface area contributed by atoms with E-state index in [2.05, 4.69) is 0 Å². The Kier molecular flexibility index (Phi) is 2.91. The number of rotatable bonds is 2. The minimum absolute atomic E-state index is 0.0476. The van der Waals surface area contributed by atoms with Gasteiger partial charge in [-0.25, -0.2) is 4.39 Å². The first-order valence-electron chi connectivity index (χ1n) is 5.03. The molecule has 0 bridgehead atoms. The van der Waals surface area contributed by atoms with Crippen molar-refractivity contribution in [2.45, 2.75) is 13.3 Å². The van der Waals surface area contributed by atoms with Gasteiger partial charge in [0, 0.05) is 6.42 Å². The number of ether oxygens (including phenoxy) is 1. The first-order chi connectivity index (χ1) is 8.11. The lowest BCUT2D eigenvalue weighted by Gasteiger charge is -2.02. The number of halogens is 1. The van der Waals surface area contributed by atoms with E-state index in [9.17, 15) is 14.0 Å². The van der Waals surface area contributed by atoms with E-state index >= 15 is 0 Å². The first kappa shape index (κ1) is 11.3. The molecule has 2 aromatic rings. The summed E-state index contributed by atoms with van der Waals surface area (Å²) < 4.78 is 22.8. The van der Waals surface area contributed by atoms with Gasteiger partial charge in [-0.2, -0.15) is 0 Å². The summed E-state index contributed by atoms with van der Waals surface area (Å²) >= 11 is 0. The van der Waals surface area contributed by atoms with E-state index in [0.29, 0.717) is 0 Å². The van der Waals surface area contributed by atoms with Gasteiger partial charge < -0.3 is 9.15 Å². The van der Waals surface area contributed by atoms with Crippen LogP contribution < -0.4 is 10.2 Å². The van der Waals surface area contributed by atoms with Crippen LogP contribution in [0.2, 0.25) is 0 Å². The molecule has 0 unspecified atom stereocenters. The third-order valence-electron chi connectivity index (χ3n) is 2.22. The van der Waals surface area contributed by atoms with Gasteiger partial charge in [-0.05, 0) is 18.2 Å². The zero-order valence-corrected chi connectivity index (χ0v) is 9.03. The van der Waals surface area contributed by atoms with Crippen LogP contribution in [-0.4, -0.2) is 5.97 Å². The van der Waals surface area contributed by atoms with E-state index < -0.39 is 17.2 Å². The van der Waals surface area contributed by atoms with E-state index in [1.165, 1.54) is 12.1 Å². The van der Waals surface area contributed by atoms with Crippen LogP contribution in [0, 0.1) is 5.82 Å². The van der Waals surface area contributed by atoms with Crippen LogP contribution in [0.4, 0.5) is 4.39 Å². The Labute approximate surface area is 95.6 Å². The highest BCUT2D eigenvalue weighted by Gasteiger charge is 2.11. The topological polar surface area (TPSA) is 56.5 Å². The highest BCUT2D eigenvalue weighted by Crippen LogP contribution is 2.16. The molecular formula is C12H9FO4. The molecule has 0 fully saturated rings. The molecule has 5 heteroatoms. The Morgan fingerprint density at radius 1 is 1.47 bits per heavy atom. The molecule has 0 aliphatic rings. The average molecular weight is 236 g/mol. The van der Waals surface area contributed by atoms with Crippen LogP contribution in [0.1, 0.15) is 13.3 Å². The minimum atomic E-state index is -0.562. The fourth-order valence-corrected chi connectivity index (χ4v) is 1.35. The van der Waals surface area contributed by atoms with Crippen molar-refractivity contribution < 1.29 is 18.3 Å². The molecule has 17 heavy (non-hydrogen) atoms. The molecule has 0 saturated carbocycles. The van der Waals surface area contributed by atoms with Crippen molar-refractivity contribution in [2.75, 3.05) is 0 Å². The summed E-state index contributed by atoms with van der Waals surface area (Å²) in [5.74, 6) is -1.33. The monoisotopic (exact) mass is 236 g/mol. The Bertz CT molecular complexity index is 630. The summed E-state index contributed by atoms with van der Waals surface area (Å²) in [4.78, 5) is 22.9. The number of hydrogen-bond acceptors (Lipinski definition) is 4. The number of fused-ring (bicyclic) bond motifs is 1. The molecule has 0 aliphatic carbocycles. The number of esters is 1. The fraction of sp³-hybridized carbons (Fsp3) is 0.167. The van der Waals surface area contributed by atoms with Gasteiger partial charge in [-0.1, -0.05) is 6.92 Å². The standard InChI is InChI=1S/C12H9FO4/c1-2-11(14)17-10-6-16-9-4-3-7(13)5-8(9)12(10)15/h3-6H,2H2,1H3. The lowest BCUT2D eigenvalue weighted by molar-refractivity contribution is -0.134. The molecule has 0 saturated heterocycles. The molecule has 2 rings (SSSR count). The van der Waals surface area contributed by atoms with Crippen molar-refractivity contribution in [3.05, 3.63) is 40.5 Å². The normalized spacial score (nSPS) is 10.5. The van der Waals surface area contributed by atoms with Crippen molar-refractivity contribution in [1.82, 2.24) is 0 Å². The van der Waals surface area contributed by atoms with Gasteiger partial charge >= 0.3 is 5.97 Å². The van der Waals surface area contributed by atoms with Crippen LogP contribution >= 0.6 is 0 Å². The van der Waals surface area contributed by atoms with Crippen LogP contribution in [0.25, 0.3) is 11.0 Å². The van der Waals surface area contributed by atoms with Crippen LogP contribution in [0.3, 0.4) is 0 Å². The van der Waals surface area contributed by atoms with Gasteiger partial charge in [0.2, 0.25) is 11.2 Å². The third kappa shape index (κ3) is 2.18. The van der Waals surface area contributed by atoms with Crippen LogP contribution in [-0.2, 0) is 4.79 Å². The van der Waals surface area contributed by atoms with Crippen LogP contribution in [0.15, 0.2) is 33.7 Å². The molecule has 1 aromatic heterocycles. The predicted molar refractivity (Wildman–Crippen MR) is 58.4 cm³/mol. The highest BCUT2D eigenvalue weighted by atomic mass is 19.1. The zero-order valence-electron chi connectivity index (χ0n) is 9.03. The van der Waals surface area contributed by atoms with Gasteiger partial charge in [-0.3, -0.25) is 9.59 Å². The van der Waals surface area contributed by atoms with Crippen molar-refractivity contribution in [2.24, 2.45) is 0 Å². The maximum absolute atomic E-state index is 13.0. The van der Waals surface area contributed by atoms with Crippen molar-refractivity contribution in [1.29, 1.82) is 0 Å². The van der Waals surface area contributed by atoms with Gasteiger partial charge in [0.1, 0.15) is 17.7 Å². The number of benzene rings is 1. The van der Waals surface area contributed by atoms with Gasteiger partial charge in [0.25, 0.3) is 0 Å². The summed E-state index contributed by atoms with van der Waals surface area (Å²) in [6.07, 6.45) is 1.19. The zero-order chi connectivity index (χ0) is 12.4. The molecule has 0 radical (unpaired) electrons. The summed E-state index contributed by atoms with van der Waals surface area (Å²) in [6.45, 7) is 1.60. The summed E-state index contributed by atoms with van der Waals surface area (Å²) in [6, 6.07) is 3.57.